The number of fused-ring (bicyclic) bond motifs is 5. The highest BCUT2D eigenvalue weighted by Crippen LogP contribution is 2.52. The van der Waals surface area contributed by atoms with E-state index in [0.29, 0.717) is 11.6 Å². The van der Waals surface area contributed by atoms with Crippen LogP contribution in [0.25, 0.3) is 0 Å². The number of allylic oxidation sites excluding steroid dienone is 2. The third kappa shape index (κ3) is 2.58. The predicted octanol–water partition coefficient (Wildman–Crippen LogP) is 2.56. The summed E-state index contributed by atoms with van der Waals surface area (Å²) in [6.45, 7) is 4.02. The summed E-state index contributed by atoms with van der Waals surface area (Å²) in [5, 5.41) is 2.78. The van der Waals surface area contributed by atoms with Crippen LogP contribution in [-0.2, 0) is 14.4 Å². The van der Waals surface area contributed by atoms with E-state index in [1.165, 1.54) is 5.56 Å². The Hall–Kier alpha value is -2.43. The van der Waals surface area contributed by atoms with E-state index < -0.39 is 0 Å². The van der Waals surface area contributed by atoms with Crippen LogP contribution < -0.4 is 5.32 Å². The molecule has 3 aliphatic rings. The van der Waals surface area contributed by atoms with Crippen LogP contribution in [0.3, 0.4) is 0 Å². The molecule has 0 spiro atoms. The number of nitrogens with zero attached hydrogens (tertiary/aromatic N) is 1. The minimum atomic E-state index is -0.334. The highest BCUT2D eigenvalue weighted by Gasteiger charge is 2.59. The zero-order valence-corrected chi connectivity index (χ0v) is 14.4. The van der Waals surface area contributed by atoms with Crippen LogP contribution in [0.15, 0.2) is 36.4 Å². The predicted molar refractivity (Wildman–Crippen MR) is 93.6 cm³/mol. The Labute approximate surface area is 147 Å². The van der Waals surface area contributed by atoms with Crippen LogP contribution in [0.4, 0.5) is 5.69 Å². The van der Waals surface area contributed by atoms with Gasteiger partial charge in [-0.2, -0.15) is 0 Å². The lowest BCUT2D eigenvalue weighted by Gasteiger charge is -2.17. The fourth-order valence-electron chi connectivity index (χ4n) is 4.42. The number of likely N-dealkylation sites (tertiary alicyclic amines) is 1. The van der Waals surface area contributed by atoms with Gasteiger partial charge >= 0.3 is 0 Å². The molecule has 5 nitrogen and oxygen atoms in total. The molecule has 1 aromatic rings. The SMILES string of the molecule is CC(C)c1ccc(NC(=O)CN2C(=O)[C@H]3[C@H](C2=O)[C@H]2C=C[C@H]3C2)cc1. The molecule has 130 valence electrons. The lowest BCUT2D eigenvalue weighted by Crippen LogP contribution is -2.39. The van der Waals surface area contributed by atoms with Crippen molar-refractivity contribution < 1.29 is 14.4 Å². The van der Waals surface area contributed by atoms with Crippen molar-refractivity contribution in [3.8, 4) is 0 Å². The summed E-state index contributed by atoms with van der Waals surface area (Å²) in [6, 6.07) is 7.64. The van der Waals surface area contributed by atoms with Gasteiger partial charge in [-0.1, -0.05) is 38.1 Å². The zero-order chi connectivity index (χ0) is 17.7. The number of amides is 3. The second-order valence-electron chi connectivity index (χ2n) is 7.59. The monoisotopic (exact) mass is 338 g/mol. The van der Waals surface area contributed by atoms with E-state index in [4.69, 9.17) is 0 Å². The molecule has 1 aliphatic heterocycles. The third-order valence-corrected chi connectivity index (χ3v) is 5.72. The van der Waals surface area contributed by atoms with Gasteiger partial charge in [-0.3, -0.25) is 19.3 Å². The van der Waals surface area contributed by atoms with Crippen molar-refractivity contribution in [2.24, 2.45) is 23.7 Å². The summed E-state index contributed by atoms with van der Waals surface area (Å²) in [6.07, 6.45) is 5.00. The number of nitrogens with one attached hydrogen (secondary N) is 1. The minimum absolute atomic E-state index is 0.170. The first-order chi connectivity index (χ1) is 12.0. The van der Waals surface area contributed by atoms with E-state index in [-0.39, 0.29) is 47.9 Å². The summed E-state index contributed by atoms with van der Waals surface area (Å²) in [5.41, 5.74) is 1.87. The van der Waals surface area contributed by atoms with Gasteiger partial charge < -0.3 is 5.32 Å². The standard InChI is InChI=1S/C20H22N2O3/c1-11(2)12-5-7-15(8-6-12)21-16(23)10-22-19(24)17-13-3-4-14(9-13)18(17)20(22)25/h3-8,11,13-14,17-18H,9-10H2,1-2H3,(H,21,23)/t13-,14-,17+,18+/m0/s1. The van der Waals surface area contributed by atoms with Crippen molar-refractivity contribution in [3.05, 3.63) is 42.0 Å². The number of benzene rings is 1. The Morgan fingerprint density at radius 3 is 2.16 bits per heavy atom. The van der Waals surface area contributed by atoms with Gasteiger partial charge in [0.25, 0.3) is 0 Å². The van der Waals surface area contributed by atoms with E-state index in [1.54, 1.807) is 0 Å². The van der Waals surface area contributed by atoms with Crippen molar-refractivity contribution >= 4 is 23.4 Å². The summed E-state index contributed by atoms with van der Waals surface area (Å²) in [5.74, 6) is -0.436. The van der Waals surface area contributed by atoms with Gasteiger partial charge in [0.1, 0.15) is 6.54 Å². The Kier molecular flexibility index (Phi) is 3.74. The average Bonchev–Trinajstić information content (AvgIpc) is 3.25. The summed E-state index contributed by atoms with van der Waals surface area (Å²) < 4.78 is 0. The third-order valence-electron chi connectivity index (χ3n) is 5.72. The van der Waals surface area contributed by atoms with E-state index >= 15 is 0 Å². The Balaban J connectivity index is 1.41. The van der Waals surface area contributed by atoms with Gasteiger partial charge in [-0.05, 0) is 41.9 Å². The molecule has 2 aliphatic carbocycles. The molecule has 1 N–H and O–H groups in total. The summed E-state index contributed by atoms with van der Waals surface area (Å²) in [7, 11) is 0. The topological polar surface area (TPSA) is 66.5 Å². The Morgan fingerprint density at radius 1 is 1.08 bits per heavy atom. The highest BCUT2D eigenvalue weighted by molar-refractivity contribution is 6.09. The summed E-state index contributed by atoms with van der Waals surface area (Å²) in [4.78, 5) is 38.6. The first-order valence-electron chi connectivity index (χ1n) is 8.89. The number of imide groups is 1. The molecule has 0 radical (unpaired) electrons. The van der Waals surface area contributed by atoms with E-state index in [2.05, 4.69) is 31.3 Å². The van der Waals surface area contributed by atoms with Gasteiger partial charge in [-0.25, -0.2) is 0 Å². The molecule has 0 unspecified atom stereocenters. The van der Waals surface area contributed by atoms with Crippen LogP contribution in [-0.4, -0.2) is 29.2 Å². The molecule has 1 saturated carbocycles. The quantitative estimate of drug-likeness (QED) is 0.678. The molecule has 2 bridgehead atoms. The molecule has 1 saturated heterocycles. The van der Waals surface area contributed by atoms with Crippen LogP contribution >= 0.6 is 0 Å². The molecule has 1 aromatic carbocycles. The first-order valence-corrected chi connectivity index (χ1v) is 8.89. The Morgan fingerprint density at radius 2 is 1.64 bits per heavy atom. The van der Waals surface area contributed by atoms with Crippen LogP contribution in [0, 0.1) is 23.7 Å². The molecule has 5 heteroatoms. The molecule has 4 atom stereocenters. The van der Waals surface area contributed by atoms with E-state index in [1.807, 2.05) is 24.3 Å². The number of hydrogen-bond donors (Lipinski definition) is 1. The molecular weight excluding hydrogens is 316 g/mol. The van der Waals surface area contributed by atoms with Gasteiger partial charge in [0.15, 0.2) is 0 Å². The summed E-state index contributed by atoms with van der Waals surface area (Å²) >= 11 is 0. The average molecular weight is 338 g/mol. The number of carbonyl (C=O) groups is 3. The lowest BCUT2D eigenvalue weighted by atomic mass is 9.85. The molecule has 25 heavy (non-hydrogen) atoms. The van der Waals surface area contributed by atoms with Crippen molar-refractivity contribution in [1.82, 2.24) is 4.90 Å². The first kappa shape index (κ1) is 16.1. The fraction of sp³-hybridized carbons (Fsp3) is 0.450. The van der Waals surface area contributed by atoms with Crippen LogP contribution in [0.2, 0.25) is 0 Å². The number of rotatable bonds is 4. The number of anilines is 1. The minimum Gasteiger partial charge on any atom is -0.325 e. The lowest BCUT2D eigenvalue weighted by molar-refractivity contribution is -0.143. The highest BCUT2D eigenvalue weighted by atomic mass is 16.2. The van der Waals surface area contributed by atoms with E-state index in [0.717, 1.165) is 11.3 Å². The maximum Gasteiger partial charge on any atom is 0.244 e. The van der Waals surface area contributed by atoms with Crippen molar-refractivity contribution in [1.29, 1.82) is 0 Å². The normalized spacial score (nSPS) is 29.6. The van der Waals surface area contributed by atoms with Crippen molar-refractivity contribution in [2.45, 2.75) is 26.2 Å². The van der Waals surface area contributed by atoms with Crippen LogP contribution in [0.5, 0.6) is 0 Å². The maximum atomic E-state index is 12.6. The smallest absolute Gasteiger partial charge is 0.244 e. The number of hydrogen-bond acceptors (Lipinski definition) is 3. The maximum absolute atomic E-state index is 12.6. The number of carbonyl (C=O) groups excluding carboxylic acids is 3. The van der Waals surface area contributed by atoms with Gasteiger partial charge in [0.2, 0.25) is 17.7 Å². The zero-order valence-electron chi connectivity index (χ0n) is 14.4. The molecule has 3 amide bonds. The molecule has 0 aromatic heterocycles. The second kappa shape index (κ2) is 5.83. The van der Waals surface area contributed by atoms with Gasteiger partial charge in [0.05, 0.1) is 11.8 Å². The fourth-order valence-corrected chi connectivity index (χ4v) is 4.42. The Bertz CT molecular complexity index is 736. The molecular formula is C20H22N2O3. The largest absolute Gasteiger partial charge is 0.325 e. The van der Waals surface area contributed by atoms with Crippen molar-refractivity contribution in [2.75, 3.05) is 11.9 Å². The van der Waals surface area contributed by atoms with E-state index in [9.17, 15) is 14.4 Å². The molecule has 4 rings (SSSR count). The second-order valence-corrected chi connectivity index (χ2v) is 7.59. The molecule has 2 fully saturated rings. The molecule has 1 heterocycles. The van der Waals surface area contributed by atoms with Gasteiger partial charge in [0, 0.05) is 5.69 Å². The van der Waals surface area contributed by atoms with Crippen molar-refractivity contribution in [3.63, 3.8) is 0 Å². The van der Waals surface area contributed by atoms with Crippen LogP contribution in [0.1, 0.15) is 31.7 Å². The van der Waals surface area contributed by atoms with Gasteiger partial charge in [-0.15, -0.1) is 0 Å².